The molecule has 0 N–H and O–H groups in total. The molecule has 10 heteroatoms. The number of halogens is 1. The van der Waals surface area contributed by atoms with Gasteiger partial charge in [0.15, 0.2) is 0 Å². The molecule has 0 radical (unpaired) electrons. The summed E-state index contributed by atoms with van der Waals surface area (Å²) >= 11 is 0. The van der Waals surface area contributed by atoms with Crippen molar-refractivity contribution < 1.29 is 22.3 Å². The quantitative estimate of drug-likeness (QED) is 0.427. The van der Waals surface area contributed by atoms with E-state index in [0.29, 0.717) is 11.1 Å². The Balaban J connectivity index is 1.94. The van der Waals surface area contributed by atoms with Crippen LogP contribution in [0.15, 0.2) is 71.9 Å². The molecule has 0 aliphatic carbocycles. The summed E-state index contributed by atoms with van der Waals surface area (Å²) in [5.74, 6) is -1.19. The van der Waals surface area contributed by atoms with Crippen molar-refractivity contribution >= 4 is 32.5 Å². The highest BCUT2D eigenvalue weighted by molar-refractivity contribution is 7.90. The summed E-state index contributed by atoms with van der Waals surface area (Å²) in [4.78, 5) is 15.0. The Hall–Kier alpha value is -3.50. The van der Waals surface area contributed by atoms with Crippen molar-refractivity contribution in [2.45, 2.75) is 4.90 Å². The highest BCUT2D eigenvalue weighted by atomic mass is 32.2. The van der Waals surface area contributed by atoms with Crippen LogP contribution in [0.2, 0.25) is 0 Å². The molecule has 166 valence electrons. The highest BCUT2D eigenvalue weighted by Crippen LogP contribution is 2.28. The number of rotatable bonds is 7. The van der Waals surface area contributed by atoms with Crippen molar-refractivity contribution in [3.63, 3.8) is 0 Å². The summed E-state index contributed by atoms with van der Waals surface area (Å²) in [5, 5.41) is 4.53. The van der Waals surface area contributed by atoms with Crippen LogP contribution in [0, 0.1) is 5.82 Å². The van der Waals surface area contributed by atoms with Gasteiger partial charge in [-0.15, -0.1) is 0 Å². The normalized spacial score (nSPS) is 11.7. The number of hydrogen-bond donors (Lipinski definition) is 0. The standard InChI is InChI=1S/C22H21FN4O4S/c1-25-15-18(14-24-25)26(10-11-31-2)22(28)21-12-16-8-9-17(23)13-20(16)27(21)32(29,30)19-6-4-3-5-7-19/h3-9,12-15H,10-11H2,1-2H3. The predicted molar refractivity (Wildman–Crippen MR) is 118 cm³/mol. The van der Waals surface area contributed by atoms with E-state index in [1.165, 1.54) is 53.2 Å². The molecule has 4 aromatic rings. The van der Waals surface area contributed by atoms with E-state index in [2.05, 4.69) is 5.10 Å². The van der Waals surface area contributed by atoms with Gasteiger partial charge in [-0.3, -0.25) is 9.48 Å². The fourth-order valence-corrected chi connectivity index (χ4v) is 4.99. The van der Waals surface area contributed by atoms with Crippen LogP contribution in [0.5, 0.6) is 0 Å². The number of aryl methyl sites for hydroxylation is 1. The molecular formula is C22H21FN4O4S. The smallest absolute Gasteiger partial charge is 0.276 e. The van der Waals surface area contributed by atoms with Crippen LogP contribution >= 0.6 is 0 Å². The lowest BCUT2D eigenvalue weighted by molar-refractivity contribution is 0.0970. The van der Waals surface area contributed by atoms with E-state index in [9.17, 15) is 17.6 Å². The second-order valence-corrected chi connectivity index (χ2v) is 8.92. The minimum atomic E-state index is -4.20. The molecule has 2 heterocycles. The largest absolute Gasteiger partial charge is 0.383 e. The molecule has 8 nitrogen and oxygen atoms in total. The van der Waals surface area contributed by atoms with Gasteiger partial charge >= 0.3 is 0 Å². The molecule has 0 spiro atoms. The van der Waals surface area contributed by atoms with Gasteiger partial charge in [0.2, 0.25) is 0 Å². The van der Waals surface area contributed by atoms with Gasteiger partial charge in [0.05, 0.1) is 28.9 Å². The first kappa shape index (κ1) is 21.7. The summed E-state index contributed by atoms with van der Waals surface area (Å²) in [6.07, 6.45) is 3.15. The lowest BCUT2D eigenvalue weighted by Crippen LogP contribution is -2.36. The number of benzene rings is 2. The molecule has 0 saturated heterocycles. The number of methoxy groups -OCH3 is 1. The van der Waals surface area contributed by atoms with Gasteiger partial charge in [0.1, 0.15) is 11.5 Å². The zero-order chi connectivity index (χ0) is 22.9. The molecule has 0 saturated carbocycles. The summed E-state index contributed by atoms with van der Waals surface area (Å²) in [6, 6.07) is 12.9. The fourth-order valence-electron chi connectivity index (χ4n) is 3.47. The first-order chi connectivity index (χ1) is 15.3. The number of ether oxygens (including phenoxy) is 1. The molecule has 2 aromatic carbocycles. The van der Waals surface area contributed by atoms with Crippen molar-refractivity contribution in [3.05, 3.63) is 78.5 Å². The number of hydrogen-bond acceptors (Lipinski definition) is 5. The van der Waals surface area contributed by atoms with E-state index >= 15 is 0 Å². The van der Waals surface area contributed by atoms with E-state index in [-0.39, 0.29) is 29.3 Å². The zero-order valence-electron chi connectivity index (χ0n) is 17.5. The Morgan fingerprint density at radius 1 is 1.16 bits per heavy atom. The van der Waals surface area contributed by atoms with Gasteiger partial charge < -0.3 is 9.64 Å². The monoisotopic (exact) mass is 456 g/mol. The number of amides is 1. The molecule has 2 aromatic heterocycles. The first-order valence-electron chi connectivity index (χ1n) is 9.74. The Morgan fingerprint density at radius 3 is 2.56 bits per heavy atom. The topological polar surface area (TPSA) is 86.4 Å². The van der Waals surface area contributed by atoms with E-state index in [0.717, 1.165) is 10.0 Å². The number of nitrogens with zero attached hydrogens (tertiary/aromatic N) is 4. The van der Waals surface area contributed by atoms with Crippen molar-refractivity contribution in [2.24, 2.45) is 7.05 Å². The van der Waals surface area contributed by atoms with Crippen molar-refractivity contribution in [3.8, 4) is 0 Å². The van der Waals surface area contributed by atoms with Crippen molar-refractivity contribution in [1.29, 1.82) is 0 Å². The maximum Gasteiger partial charge on any atom is 0.276 e. The Bertz CT molecular complexity index is 1380. The third kappa shape index (κ3) is 3.90. The minimum Gasteiger partial charge on any atom is -0.383 e. The zero-order valence-corrected chi connectivity index (χ0v) is 18.3. The van der Waals surface area contributed by atoms with Gasteiger partial charge in [0.25, 0.3) is 15.9 Å². The maximum atomic E-state index is 14.1. The number of fused-ring (bicyclic) bond motifs is 1. The van der Waals surface area contributed by atoms with Gasteiger partial charge in [-0.05, 0) is 36.4 Å². The highest BCUT2D eigenvalue weighted by Gasteiger charge is 2.30. The molecule has 0 bridgehead atoms. The molecular weight excluding hydrogens is 435 g/mol. The van der Waals surface area contributed by atoms with E-state index in [4.69, 9.17) is 4.74 Å². The molecule has 1 amide bonds. The molecule has 0 atom stereocenters. The van der Waals surface area contributed by atoms with Gasteiger partial charge in [-0.2, -0.15) is 5.10 Å². The summed E-state index contributed by atoms with van der Waals surface area (Å²) in [6.45, 7) is 0.392. The summed E-state index contributed by atoms with van der Waals surface area (Å²) in [7, 11) is -0.979. The number of aromatic nitrogens is 3. The van der Waals surface area contributed by atoms with Crippen LogP contribution in [-0.2, 0) is 21.8 Å². The van der Waals surface area contributed by atoms with Crippen molar-refractivity contribution in [2.75, 3.05) is 25.2 Å². The van der Waals surface area contributed by atoms with Crippen molar-refractivity contribution in [1.82, 2.24) is 13.8 Å². The predicted octanol–water partition coefficient (Wildman–Crippen LogP) is 3.04. The lowest BCUT2D eigenvalue weighted by Gasteiger charge is -2.21. The Labute approximate surface area is 184 Å². The third-order valence-electron chi connectivity index (χ3n) is 4.99. The third-order valence-corrected chi connectivity index (χ3v) is 6.73. The first-order valence-corrected chi connectivity index (χ1v) is 11.2. The van der Waals surface area contributed by atoms with Gasteiger partial charge in [0, 0.05) is 32.3 Å². The number of anilines is 1. The lowest BCUT2D eigenvalue weighted by atomic mass is 10.2. The second kappa shape index (κ2) is 8.56. The molecule has 0 aliphatic heterocycles. The van der Waals surface area contributed by atoms with E-state index in [1.54, 1.807) is 31.4 Å². The average Bonchev–Trinajstić information content (AvgIpc) is 3.38. The van der Waals surface area contributed by atoms with Crippen LogP contribution < -0.4 is 4.90 Å². The molecule has 0 aliphatic rings. The van der Waals surface area contributed by atoms with Gasteiger partial charge in [-0.25, -0.2) is 16.8 Å². The Morgan fingerprint density at radius 2 is 1.91 bits per heavy atom. The fraction of sp³-hybridized carbons (Fsp3) is 0.182. The van der Waals surface area contributed by atoms with Crippen LogP contribution in [-0.4, -0.2) is 48.3 Å². The van der Waals surface area contributed by atoms with E-state index < -0.39 is 21.7 Å². The van der Waals surface area contributed by atoms with Gasteiger partial charge in [-0.1, -0.05) is 18.2 Å². The van der Waals surface area contributed by atoms with Crippen LogP contribution in [0.25, 0.3) is 10.9 Å². The van der Waals surface area contributed by atoms with Crippen LogP contribution in [0.1, 0.15) is 10.5 Å². The molecule has 4 rings (SSSR count). The summed E-state index contributed by atoms with van der Waals surface area (Å²) in [5.41, 5.74) is 0.444. The maximum absolute atomic E-state index is 14.1. The Kier molecular flexibility index (Phi) is 5.81. The summed E-state index contributed by atoms with van der Waals surface area (Å²) < 4.78 is 48.8. The number of carbonyl (C=O) groups is 1. The SMILES string of the molecule is COCCN(C(=O)c1cc2ccc(F)cc2n1S(=O)(=O)c1ccccc1)c1cnn(C)c1. The molecule has 0 fully saturated rings. The molecule has 0 unspecified atom stereocenters. The molecule has 32 heavy (non-hydrogen) atoms. The number of carbonyl (C=O) groups excluding carboxylic acids is 1. The van der Waals surface area contributed by atoms with Crippen LogP contribution in [0.4, 0.5) is 10.1 Å². The average molecular weight is 456 g/mol. The minimum absolute atomic E-state index is 0.0133. The second-order valence-electron chi connectivity index (χ2n) is 7.14. The van der Waals surface area contributed by atoms with E-state index in [1.807, 2.05) is 0 Å². The van der Waals surface area contributed by atoms with Crippen LogP contribution in [0.3, 0.4) is 0 Å².